The van der Waals surface area contributed by atoms with Crippen molar-refractivity contribution in [1.29, 1.82) is 0 Å². The fraction of sp³-hybridized carbons (Fsp3) is 0.929. The van der Waals surface area contributed by atoms with Crippen LogP contribution in [0.2, 0.25) is 0 Å². The van der Waals surface area contributed by atoms with E-state index in [1.54, 1.807) is 11.8 Å². The highest BCUT2D eigenvalue weighted by atomic mass is 32.2. The maximum absolute atomic E-state index is 12.1. The lowest BCUT2D eigenvalue weighted by Crippen LogP contribution is -2.53. The summed E-state index contributed by atoms with van der Waals surface area (Å²) in [6, 6.07) is 0. The van der Waals surface area contributed by atoms with Crippen LogP contribution in [0.25, 0.3) is 0 Å². The van der Waals surface area contributed by atoms with Crippen molar-refractivity contribution in [2.24, 2.45) is 5.41 Å². The number of carbonyl (C=O) groups is 1. The van der Waals surface area contributed by atoms with Crippen molar-refractivity contribution in [3.63, 3.8) is 0 Å². The van der Waals surface area contributed by atoms with Gasteiger partial charge in [-0.05, 0) is 18.6 Å². The van der Waals surface area contributed by atoms with E-state index >= 15 is 0 Å². The summed E-state index contributed by atoms with van der Waals surface area (Å²) < 4.78 is 0. The molecule has 2 atom stereocenters. The Bertz CT molecular complexity index is 296. The SMILES string of the molecule is CSC(C)C(=O)N1CCN(CC(O)C(C)(C)C)CC1. The molecule has 0 saturated carbocycles. The van der Waals surface area contributed by atoms with Gasteiger partial charge in [-0.1, -0.05) is 20.8 Å². The zero-order valence-electron chi connectivity index (χ0n) is 12.8. The highest BCUT2D eigenvalue weighted by Crippen LogP contribution is 2.20. The molecule has 0 aromatic heterocycles. The summed E-state index contributed by atoms with van der Waals surface area (Å²) in [7, 11) is 0. The topological polar surface area (TPSA) is 43.8 Å². The van der Waals surface area contributed by atoms with Crippen molar-refractivity contribution < 1.29 is 9.90 Å². The van der Waals surface area contributed by atoms with Gasteiger partial charge in [-0.25, -0.2) is 0 Å². The first-order chi connectivity index (χ1) is 8.75. The zero-order chi connectivity index (χ0) is 14.6. The van der Waals surface area contributed by atoms with Crippen LogP contribution in [0, 0.1) is 5.41 Å². The lowest BCUT2D eigenvalue weighted by atomic mass is 9.89. The number of aliphatic hydroxyl groups is 1. The summed E-state index contributed by atoms with van der Waals surface area (Å²) in [6.45, 7) is 12.1. The number of thioether (sulfide) groups is 1. The Morgan fingerprint density at radius 1 is 1.26 bits per heavy atom. The van der Waals surface area contributed by atoms with Crippen LogP contribution < -0.4 is 0 Å². The monoisotopic (exact) mass is 288 g/mol. The molecule has 1 aliphatic rings. The van der Waals surface area contributed by atoms with Crippen LogP contribution in [0.4, 0.5) is 0 Å². The molecular formula is C14H28N2O2S. The molecule has 1 aliphatic heterocycles. The van der Waals surface area contributed by atoms with E-state index in [1.165, 1.54) is 0 Å². The van der Waals surface area contributed by atoms with E-state index in [1.807, 2.05) is 18.1 Å². The van der Waals surface area contributed by atoms with Crippen LogP contribution in [-0.2, 0) is 4.79 Å². The maximum Gasteiger partial charge on any atom is 0.235 e. The Morgan fingerprint density at radius 2 is 1.79 bits per heavy atom. The summed E-state index contributed by atoms with van der Waals surface area (Å²) in [5, 5.41) is 10.2. The van der Waals surface area contributed by atoms with Gasteiger partial charge in [-0.2, -0.15) is 11.8 Å². The van der Waals surface area contributed by atoms with Gasteiger partial charge in [-0.15, -0.1) is 0 Å². The average Bonchev–Trinajstić information content (AvgIpc) is 2.36. The molecule has 1 heterocycles. The molecule has 1 rings (SSSR count). The van der Waals surface area contributed by atoms with Gasteiger partial charge in [0, 0.05) is 32.7 Å². The Hall–Kier alpha value is -0.260. The third-order valence-electron chi connectivity index (χ3n) is 3.82. The van der Waals surface area contributed by atoms with Crippen LogP contribution in [0.3, 0.4) is 0 Å². The predicted molar refractivity (Wildman–Crippen MR) is 81.5 cm³/mol. The number of hydrogen-bond acceptors (Lipinski definition) is 4. The van der Waals surface area contributed by atoms with Gasteiger partial charge in [0.05, 0.1) is 11.4 Å². The molecule has 5 heteroatoms. The molecular weight excluding hydrogens is 260 g/mol. The third-order valence-corrected chi connectivity index (χ3v) is 4.72. The number of rotatable bonds is 4. The summed E-state index contributed by atoms with van der Waals surface area (Å²) in [4.78, 5) is 16.3. The Kier molecular flexibility index (Phi) is 6.15. The first kappa shape index (κ1) is 16.8. The van der Waals surface area contributed by atoms with Crippen molar-refractivity contribution in [3.05, 3.63) is 0 Å². The molecule has 0 aromatic rings. The molecule has 112 valence electrons. The van der Waals surface area contributed by atoms with E-state index in [9.17, 15) is 9.90 Å². The largest absolute Gasteiger partial charge is 0.391 e. The van der Waals surface area contributed by atoms with Gasteiger partial charge in [0.1, 0.15) is 0 Å². The van der Waals surface area contributed by atoms with E-state index in [0.29, 0.717) is 6.54 Å². The van der Waals surface area contributed by atoms with Crippen molar-refractivity contribution >= 4 is 17.7 Å². The molecule has 0 aromatic carbocycles. The number of hydrogen-bond donors (Lipinski definition) is 1. The second kappa shape index (κ2) is 6.95. The first-order valence-electron chi connectivity index (χ1n) is 6.97. The second-order valence-electron chi connectivity index (χ2n) is 6.39. The van der Waals surface area contributed by atoms with E-state index in [-0.39, 0.29) is 22.7 Å². The predicted octanol–water partition coefficient (Wildman–Crippen LogP) is 1.29. The standard InChI is InChI=1S/C14H28N2O2S/c1-11(19-5)13(18)16-8-6-15(7-9-16)10-12(17)14(2,3)4/h11-12,17H,6-10H2,1-5H3. The average molecular weight is 288 g/mol. The highest BCUT2D eigenvalue weighted by Gasteiger charge is 2.28. The van der Waals surface area contributed by atoms with Gasteiger partial charge in [-0.3, -0.25) is 9.69 Å². The summed E-state index contributed by atoms with van der Waals surface area (Å²) in [5.74, 6) is 0.239. The molecule has 1 amide bonds. The quantitative estimate of drug-likeness (QED) is 0.846. The molecule has 1 saturated heterocycles. The van der Waals surface area contributed by atoms with Gasteiger partial charge in [0.15, 0.2) is 0 Å². The van der Waals surface area contributed by atoms with Gasteiger partial charge in [0.2, 0.25) is 5.91 Å². The first-order valence-corrected chi connectivity index (χ1v) is 8.26. The lowest BCUT2D eigenvalue weighted by molar-refractivity contribution is -0.132. The van der Waals surface area contributed by atoms with Crippen molar-refractivity contribution in [2.75, 3.05) is 39.0 Å². The molecule has 0 bridgehead atoms. The summed E-state index contributed by atoms with van der Waals surface area (Å²) >= 11 is 1.60. The van der Waals surface area contributed by atoms with Crippen molar-refractivity contribution in [3.8, 4) is 0 Å². The minimum Gasteiger partial charge on any atom is -0.391 e. The second-order valence-corrected chi connectivity index (χ2v) is 7.56. The number of aliphatic hydroxyl groups excluding tert-OH is 1. The van der Waals surface area contributed by atoms with Crippen LogP contribution in [0.15, 0.2) is 0 Å². The number of β-amino-alcohol motifs (C(OH)–C–C–N with tert-alkyl or cyclic N) is 1. The van der Waals surface area contributed by atoms with E-state index < -0.39 is 0 Å². The molecule has 1 N–H and O–H groups in total. The summed E-state index contributed by atoms with van der Waals surface area (Å²) in [6.07, 6.45) is 1.65. The number of piperazine rings is 1. The Morgan fingerprint density at radius 3 is 2.21 bits per heavy atom. The van der Waals surface area contributed by atoms with E-state index in [4.69, 9.17) is 0 Å². The van der Waals surface area contributed by atoms with E-state index in [0.717, 1.165) is 26.2 Å². The Labute approximate surface area is 121 Å². The normalized spacial score (nSPS) is 21.3. The zero-order valence-corrected chi connectivity index (χ0v) is 13.7. The molecule has 0 aliphatic carbocycles. The summed E-state index contributed by atoms with van der Waals surface area (Å²) in [5.41, 5.74) is -0.0830. The minimum absolute atomic E-state index is 0.0479. The molecule has 4 nitrogen and oxygen atoms in total. The fourth-order valence-corrected chi connectivity index (χ4v) is 2.38. The van der Waals surface area contributed by atoms with Gasteiger partial charge in [0.25, 0.3) is 0 Å². The molecule has 19 heavy (non-hydrogen) atoms. The van der Waals surface area contributed by atoms with Crippen molar-refractivity contribution in [2.45, 2.75) is 39.0 Å². The van der Waals surface area contributed by atoms with Crippen LogP contribution in [0.1, 0.15) is 27.7 Å². The van der Waals surface area contributed by atoms with Crippen molar-refractivity contribution in [1.82, 2.24) is 9.80 Å². The number of amides is 1. The van der Waals surface area contributed by atoms with Gasteiger partial charge < -0.3 is 10.0 Å². The maximum atomic E-state index is 12.1. The Balaban J connectivity index is 2.39. The highest BCUT2D eigenvalue weighted by molar-refractivity contribution is 7.99. The molecule has 2 unspecified atom stereocenters. The minimum atomic E-state index is -0.320. The van der Waals surface area contributed by atoms with Crippen LogP contribution >= 0.6 is 11.8 Å². The molecule has 0 radical (unpaired) electrons. The third kappa shape index (κ3) is 4.97. The van der Waals surface area contributed by atoms with Crippen LogP contribution in [0.5, 0.6) is 0 Å². The number of carbonyl (C=O) groups excluding carboxylic acids is 1. The lowest BCUT2D eigenvalue weighted by Gasteiger charge is -2.38. The van der Waals surface area contributed by atoms with Gasteiger partial charge >= 0.3 is 0 Å². The smallest absolute Gasteiger partial charge is 0.235 e. The molecule has 0 spiro atoms. The van der Waals surface area contributed by atoms with E-state index in [2.05, 4.69) is 25.7 Å². The number of nitrogens with zero attached hydrogens (tertiary/aromatic N) is 2. The van der Waals surface area contributed by atoms with Crippen LogP contribution in [-0.4, -0.2) is 71.1 Å². The molecule has 1 fully saturated rings. The fourth-order valence-electron chi connectivity index (χ4n) is 2.03.